The number of nitro groups is 1. The lowest BCUT2D eigenvalue weighted by atomic mass is 10.1. The maximum Gasteiger partial charge on any atom is 0.273 e. The van der Waals surface area contributed by atoms with Gasteiger partial charge in [0, 0.05) is 23.7 Å². The minimum absolute atomic E-state index is 0.0943. The van der Waals surface area contributed by atoms with Crippen molar-refractivity contribution in [2.75, 3.05) is 6.54 Å². The molecule has 0 aliphatic carbocycles. The van der Waals surface area contributed by atoms with Crippen molar-refractivity contribution in [2.24, 2.45) is 0 Å². The molecule has 0 fully saturated rings. The summed E-state index contributed by atoms with van der Waals surface area (Å²) < 4.78 is 0. The number of amides is 1. The first kappa shape index (κ1) is 18.2. The number of nitrogens with zero attached hydrogens (tertiary/aromatic N) is 3. The molecule has 1 aromatic heterocycles. The Morgan fingerprint density at radius 3 is 2.70 bits per heavy atom. The fraction of sp³-hybridized carbons (Fsp3) is 0.211. The van der Waals surface area contributed by atoms with Crippen LogP contribution in [0.3, 0.4) is 0 Å². The van der Waals surface area contributed by atoms with Crippen LogP contribution in [0.2, 0.25) is 0 Å². The van der Waals surface area contributed by atoms with Gasteiger partial charge in [-0.2, -0.15) is 0 Å². The van der Waals surface area contributed by atoms with Gasteiger partial charge in [-0.25, -0.2) is 4.98 Å². The maximum absolute atomic E-state index is 12.8. The number of nitrogens with one attached hydrogen (secondary N) is 1. The highest BCUT2D eigenvalue weighted by atomic mass is 16.6. The van der Waals surface area contributed by atoms with Crippen molar-refractivity contribution < 1.29 is 9.72 Å². The fourth-order valence-corrected chi connectivity index (χ4v) is 2.84. The lowest BCUT2D eigenvalue weighted by molar-refractivity contribution is -0.385. The van der Waals surface area contributed by atoms with Gasteiger partial charge >= 0.3 is 0 Å². The van der Waals surface area contributed by atoms with Gasteiger partial charge in [-0.15, -0.1) is 0 Å². The van der Waals surface area contributed by atoms with Crippen molar-refractivity contribution >= 4 is 22.5 Å². The molecule has 1 N–H and O–H groups in total. The lowest BCUT2D eigenvalue weighted by Gasteiger charge is -2.20. The number of aromatic amines is 1. The van der Waals surface area contributed by atoms with E-state index in [-0.39, 0.29) is 29.3 Å². The molecule has 0 atom stereocenters. The normalized spacial score (nSPS) is 10.7. The zero-order valence-corrected chi connectivity index (χ0v) is 14.9. The van der Waals surface area contributed by atoms with Crippen LogP contribution < -0.4 is 5.56 Å². The van der Waals surface area contributed by atoms with Crippen molar-refractivity contribution in [1.29, 1.82) is 0 Å². The van der Waals surface area contributed by atoms with Crippen molar-refractivity contribution in [1.82, 2.24) is 14.9 Å². The van der Waals surface area contributed by atoms with Crippen LogP contribution in [0.15, 0.2) is 47.3 Å². The van der Waals surface area contributed by atoms with Gasteiger partial charge in [0.15, 0.2) is 0 Å². The molecule has 8 heteroatoms. The highest BCUT2D eigenvalue weighted by Gasteiger charge is 2.20. The number of rotatable bonds is 5. The predicted octanol–water partition coefficient (Wildman–Crippen LogP) is 2.80. The smallest absolute Gasteiger partial charge is 0.273 e. The highest BCUT2D eigenvalue weighted by molar-refractivity contribution is 5.95. The van der Waals surface area contributed by atoms with Crippen molar-refractivity contribution in [2.45, 2.75) is 20.4 Å². The molecule has 0 bridgehead atoms. The molecule has 27 heavy (non-hydrogen) atoms. The first-order valence-corrected chi connectivity index (χ1v) is 8.43. The van der Waals surface area contributed by atoms with Crippen molar-refractivity contribution in [3.63, 3.8) is 0 Å². The Morgan fingerprint density at radius 2 is 2.00 bits per heavy atom. The second kappa shape index (κ2) is 7.36. The molecule has 0 aliphatic rings. The van der Waals surface area contributed by atoms with Gasteiger partial charge in [-0.05, 0) is 32.0 Å². The van der Waals surface area contributed by atoms with Gasteiger partial charge in [0.25, 0.3) is 17.2 Å². The number of aryl methyl sites for hydroxylation is 1. The number of carbonyl (C=O) groups is 1. The van der Waals surface area contributed by atoms with Crippen molar-refractivity contribution in [3.8, 4) is 0 Å². The minimum Gasteiger partial charge on any atom is -0.331 e. The van der Waals surface area contributed by atoms with E-state index < -0.39 is 4.92 Å². The molecule has 0 aliphatic heterocycles. The third kappa shape index (κ3) is 3.69. The van der Waals surface area contributed by atoms with E-state index in [0.717, 1.165) is 0 Å². The predicted molar refractivity (Wildman–Crippen MR) is 101 cm³/mol. The summed E-state index contributed by atoms with van der Waals surface area (Å²) in [6, 6.07) is 11.3. The van der Waals surface area contributed by atoms with Gasteiger partial charge in [0.05, 0.1) is 22.4 Å². The Bertz CT molecular complexity index is 1090. The Kier molecular flexibility index (Phi) is 4.98. The van der Waals surface area contributed by atoms with E-state index in [1.54, 1.807) is 50.2 Å². The van der Waals surface area contributed by atoms with Gasteiger partial charge in [-0.3, -0.25) is 19.7 Å². The molecule has 0 unspecified atom stereocenters. The molecule has 3 rings (SSSR count). The van der Waals surface area contributed by atoms with Gasteiger partial charge < -0.3 is 9.88 Å². The van der Waals surface area contributed by atoms with Crippen LogP contribution in [-0.2, 0) is 6.54 Å². The number of carbonyl (C=O) groups excluding carboxylic acids is 1. The molecule has 3 aromatic rings. The van der Waals surface area contributed by atoms with E-state index in [1.165, 1.54) is 11.0 Å². The third-order valence-electron chi connectivity index (χ3n) is 4.32. The number of hydrogen-bond acceptors (Lipinski definition) is 5. The average Bonchev–Trinajstić information content (AvgIpc) is 2.66. The van der Waals surface area contributed by atoms with Crippen LogP contribution in [0.1, 0.15) is 28.7 Å². The second-order valence-electron chi connectivity index (χ2n) is 6.11. The fourth-order valence-electron chi connectivity index (χ4n) is 2.84. The Balaban J connectivity index is 1.92. The molecular weight excluding hydrogens is 348 g/mol. The summed E-state index contributed by atoms with van der Waals surface area (Å²) in [5.74, 6) is -0.00748. The summed E-state index contributed by atoms with van der Waals surface area (Å²) in [7, 11) is 0. The minimum atomic E-state index is -0.509. The summed E-state index contributed by atoms with van der Waals surface area (Å²) in [6.45, 7) is 3.86. The highest BCUT2D eigenvalue weighted by Crippen LogP contribution is 2.20. The third-order valence-corrected chi connectivity index (χ3v) is 4.32. The van der Waals surface area contributed by atoms with Crippen LogP contribution in [0.5, 0.6) is 0 Å². The van der Waals surface area contributed by atoms with Crippen LogP contribution in [0.4, 0.5) is 5.69 Å². The Morgan fingerprint density at radius 1 is 1.26 bits per heavy atom. The molecule has 8 nitrogen and oxygen atoms in total. The van der Waals surface area contributed by atoms with E-state index in [1.807, 2.05) is 0 Å². The molecule has 2 aromatic carbocycles. The summed E-state index contributed by atoms with van der Waals surface area (Å²) in [4.78, 5) is 44.2. The molecule has 0 spiro atoms. The van der Waals surface area contributed by atoms with Crippen LogP contribution >= 0.6 is 0 Å². The molecule has 1 amide bonds. The Labute approximate surface area is 154 Å². The van der Waals surface area contributed by atoms with Crippen LogP contribution in [0.25, 0.3) is 10.9 Å². The van der Waals surface area contributed by atoms with E-state index in [4.69, 9.17) is 0 Å². The van der Waals surface area contributed by atoms with E-state index in [9.17, 15) is 19.7 Å². The summed E-state index contributed by atoms with van der Waals surface area (Å²) >= 11 is 0. The molecule has 138 valence electrons. The van der Waals surface area contributed by atoms with Crippen LogP contribution in [-0.4, -0.2) is 32.2 Å². The number of hydrogen-bond donors (Lipinski definition) is 1. The zero-order valence-electron chi connectivity index (χ0n) is 14.9. The van der Waals surface area contributed by atoms with E-state index in [2.05, 4.69) is 9.97 Å². The summed E-state index contributed by atoms with van der Waals surface area (Å²) in [5, 5.41) is 11.6. The molecule has 0 saturated heterocycles. The first-order chi connectivity index (χ1) is 12.9. The molecular formula is C19H18N4O4. The monoisotopic (exact) mass is 366 g/mol. The van der Waals surface area contributed by atoms with Gasteiger partial charge in [0.1, 0.15) is 5.82 Å². The zero-order chi connectivity index (χ0) is 19.6. The molecule has 0 radical (unpaired) electrons. The standard InChI is InChI=1S/C19H18N4O4/c1-3-22(19(25)13-9-8-12(2)16(10-13)23(26)27)11-17-20-15-7-5-4-6-14(15)18(24)21-17/h4-10H,3,11H2,1-2H3,(H,20,21,24). The lowest BCUT2D eigenvalue weighted by Crippen LogP contribution is -2.32. The number of aromatic nitrogens is 2. The molecule has 0 saturated carbocycles. The maximum atomic E-state index is 12.8. The number of para-hydroxylation sites is 1. The first-order valence-electron chi connectivity index (χ1n) is 8.43. The average molecular weight is 366 g/mol. The van der Waals surface area contributed by atoms with Gasteiger partial charge in [0.2, 0.25) is 0 Å². The van der Waals surface area contributed by atoms with Crippen LogP contribution in [0, 0.1) is 17.0 Å². The van der Waals surface area contributed by atoms with Crippen molar-refractivity contribution in [3.05, 3.63) is 79.9 Å². The Hall–Kier alpha value is -3.55. The largest absolute Gasteiger partial charge is 0.331 e. The quantitative estimate of drug-likeness (QED) is 0.551. The number of benzene rings is 2. The second-order valence-corrected chi connectivity index (χ2v) is 6.11. The van der Waals surface area contributed by atoms with E-state index >= 15 is 0 Å². The number of H-pyrrole nitrogens is 1. The SMILES string of the molecule is CCN(Cc1nc2ccccc2c(=O)[nH]1)C(=O)c1ccc(C)c([N+](=O)[O-])c1. The summed E-state index contributed by atoms with van der Waals surface area (Å²) in [5.41, 5.74) is 0.877. The topological polar surface area (TPSA) is 109 Å². The van der Waals surface area contributed by atoms with Gasteiger partial charge in [-0.1, -0.05) is 18.2 Å². The number of fused-ring (bicyclic) bond motifs is 1. The van der Waals surface area contributed by atoms with E-state index in [0.29, 0.717) is 28.8 Å². The molecule has 1 heterocycles. The summed E-state index contributed by atoms with van der Waals surface area (Å²) in [6.07, 6.45) is 0. The number of nitro benzene ring substituents is 1.